The topological polar surface area (TPSA) is 138 Å². The van der Waals surface area contributed by atoms with Gasteiger partial charge in [0.15, 0.2) is 11.5 Å². The highest BCUT2D eigenvalue weighted by atomic mass is 16.5. The van der Waals surface area contributed by atoms with E-state index in [1.807, 2.05) is 6.07 Å². The first kappa shape index (κ1) is 21.4. The summed E-state index contributed by atoms with van der Waals surface area (Å²) < 4.78 is 11.5. The molecule has 1 aliphatic rings. The van der Waals surface area contributed by atoms with Gasteiger partial charge in [0.25, 0.3) is 5.91 Å². The molecule has 3 aromatic heterocycles. The molecule has 1 aromatic carbocycles. The molecule has 0 atom stereocenters. The lowest BCUT2D eigenvalue weighted by Gasteiger charge is -2.23. The average Bonchev–Trinajstić information content (AvgIpc) is 3.29. The monoisotopic (exact) mass is 455 g/mol. The second kappa shape index (κ2) is 9.56. The van der Waals surface area contributed by atoms with Crippen molar-refractivity contribution in [3.8, 4) is 17.6 Å². The van der Waals surface area contributed by atoms with Gasteiger partial charge in [-0.05, 0) is 49.2 Å². The number of benzene rings is 1. The number of pyridine rings is 2. The summed E-state index contributed by atoms with van der Waals surface area (Å²) in [4.78, 5) is 21.0. The first-order valence-electron chi connectivity index (χ1n) is 10.8. The summed E-state index contributed by atoms with van der Waals surface area (Å²) in [6.45, 7) is 1.45. The van der Waals surface area contributed by atoms with E-state index in [2.05, 4.69) is 30.8 Å². The van der Waals surface area contributed by atoms with E-state index in [9.17, 15) is 4.79 Å². The van der Waals surface area contributed by atoms with Crippen molar-refractivity contribution in [2.24, 2.45) is 0 Å². The molecule has 34 heavy (non-hydrogen) atoms. The van der Waals surface area contributed by atoms with Crippen LogP contribution in [0.25, 0.3) is 11.0 Å². The molecule has 1 fully saturated rings. The van der Waals surface area contributed by atoms with Crippen molar-refractivity contribution in [1.82, 2.24) is 20.2 Å². The number of anilines is 2. The fraction of sp³-hybridized carbons (Fsp3) is 0.208. The molecule has 5 rings (SSSR count). The minimum Gasteiger partial charge on any atom is -0.456 e. The number of rotatable bonds is 6. The molecular formula is C24H21N7O3. The average molecular weight is 455 g/mol. The van der Waals surface area contributed by atoms with Crippen LogP contribution in [0.1, 0.15) is 28.8 Å². The molecule has 0 bridgehead atoms. The van der Waals surface area contributed by atoms with Crippen LogP contribution >= 0.6 is 0 Å². The lowest BCUT2D eigenvalue weighted by Crippen LogP contribution is -2.28. The summed E-state index contributed by atoms with van der Waals surface area (Å²) >= 11 is 0. The predicted octanol–water partition coefficient (Wildman–Crippen LogP) is 3.86. The highest BCUT2D eigenvalue weighted by Gasteiger charge is 2.19. The quantitative estimate of drug-likeness (QED) is 0.398. The van der Waals surface area contributed by atoms with Gasteiger partial charge in [0, 0.05) is 43.3 Å². The van der Waals surface area contributed by atoms with Crippen LogP contribution in [0.3, 0.4) is 0 Å². The largest absolute Gasteiger partial charge is 0.456 e. The molecule has 4 aromatic rings. The van der Waals surface area contributed by atoms with Crippen molar-refractivity contribution in [2.45, 2.75) is 18.9 Å². The van der Waals surface area contributed by atoms with E-state index >= 15 is 0 Å². The lowest BCUT2D eigenvalue weighted by molar-refractivity contribution is 0.0904. The van der Waals surface area contributed by atoms with Crippen molar-refractivity contribution >= 4 is 28.6 Å². The number of carbonyl (C=O) groups excluding carboxylic acids is 1. The van der Waals surface area contributed by atoms with E-state index in [1.165, 1.54) is 12.3 Å². The Bertz CT molecular complexity index is 1360. The number of aromatic amines is 1. The molecule has 4 heterocycles. The number of hydrogen-bond donors (Lipinski definition) is 3. The van der Waals surface area contributed by atoms with E-state index in [1.54, 1.807) is 42.6 Å². The fourth-order valence-corrected chi connectivity index (χ4v) is 3.71. The summed E-state index contributed by atoms with van der Waals surface area (Å²) in [7, 11) is 0. The number of nitriles is 1. The molecule has 1 aliphatic heterocycles. The molecule has 3 N–H and O–H groups in total. The Hall–Kier alpha value is -4.49. The number of ether oxygens (including phenoxy) is 2. The van der Waals surface area contributed by atoms with Crippen molar-refractivity contribution < 1.29 is 14.3 Å². The van der Waals surface area contributed by atoms with Gasteiger partial charge in [0.2, 0.25) is 0 Å². The highest BCUT2D eigenvalue weighted by molar-refractivity contribution is 6.03. The van der Waals surface area contributed by atoms with Gasteiger partial charge in [0.05, 0.1) is 11.6 Å². The Kier molecular flexibility index (Phi) is 6.01. The zero-order valence-corrected chi connectivity index (χ0v) is 18.1. The van der Waals surface area contributed by atoms with Gasteiger partial charge in [-0.3, -0.25) is 9.89 Å². The van der Waals surface area contributed by atoms with E-state index in [0.717, 1.165) is 31.4 Å². The molecule has 0 saturated carbocycles. The molecule has 10 nitrogen and oxygen atoms in total. The Morgan fingerprint density at radius 3 is 2.71 bits per heavy atom. The smallest absolute Gasteiger partial charge is 0.256 e. The maximum absolute atomic E-state index is 12.5. The Balaban J connectivity index is 1.31. The van der Waals surface area contributed by atoms with Gasteiger partial charge >= 0.3 is 0 Å². The molecular weight excluding hydrogens is 434 g/mol. The van der Waals surface area contributed by atoms with Crippen molar-refractivity contribution in [3.63, 3.8) is 0 Å². The van der Waals surface area contributed by atoms with E-state index < -0.39 is 0 Å². The number of aromatic nitrogens is 4. The van der Waals surface area contributed by atoms with E-state index in [-0.39, 0.29) is 11.9 Å². The van der Waals surface area contributed by atoms with Crippen LogP contribution in [0.4, 0.5) is 11.6 Å². The number of carbonyl (C=O) groups is 1. The van der Waals surface area contributed by atoms with E-state index in [0.29, 0.717) is 39.9 Å². The summed E-state index contributed by atoms with van der Waals surface area (Å²) in [6.07, 6.45) is 4.94. The first-order chi connectivity index (χ1) is 16.7. The van der Waals surface area contributed by atoms with Crippen LogP contribution in [-0.4, -0.2) is 45.3 Å². The molecule has 0 spiro atoms. The number of fused-ring (bicyclic) bond motifs is 1. The van der Waals surface area contributed by atoms with E-state index in [4.69, 9.17) is 14.7 Å². The highest BCUT2D eigenvalue weighted by Crippen LogP contribution is 2.33. The predicted molar refractivity (Wildman–Crippen MR) is 125 cm³/mol. The van der Waals surface area contributed by atoms with Crippen LogP contribution < -0.4 is 15.4 Å². The van der Waals surface area contributed by atoms with Crippen LogP contribution in [-0.2, 0) is 4.74 Å². The second-order valence-electron chi connectivity index (χ2n) is 7.76. The number of hydrogen-bond acceptors (Lipinski definition) is 8. The van der Waals surface area contributed by atoms with Gasteiger partial charge in [-0.1, -0.05) is 0 Å². The van der Waals surface area contributed by atoms with Gasteiger partial charge in [0.1, 0.15) is 22.7 Å². The molecule has 170 valence electrons. The zero-order valence-electron chi connectivity index (χ0n) is 18.1. The summed E-state index contributed by atoms with van der Waals surface area (Å²) in [5, 5.41) is 23.2. The third-order valence-corrected chi connectivity index (χ3v) is 5.46. The Morgan fingerprint density at radius 2 is 1.91 bits per heavy atom. The molecule has 0 unspecified atom stereocenters. The second-order valence-corrected chi connectivity index (χ2v) is 7.76. The fourth-order valence-electron chi connectivity index (χ4n) is 3.71. The van der Waals surface area contributed by atoms with Crippen molar-refractivity contribution in [1.29, 1.82) is 5.26 Å². The Labute approximate surface area is 194 Å². The van der Waals surface area contributed by atoms with Crippen LogP contribution in [0, 0.1) is 11.3 Å². The third-order valence-electron chi connectivity index (χ3n) is 5.46. The van der Waals surface area contributed by atoms with Crippen LogP contribution in [0.2, 0.25) is 0 Å². The van der Waals surface area contributed by atoms with Gasteiger partial charge < -0.3 is 20.1 Å². The van der Waals surface area contributed by atoms with Crippen LogP contribution in [0.5, 0.6) is 11.5 Å². The van der Waals surface area contributed by atoms with Gasteiger partial charge in [-0.25, -0.2) is 9.97 Å². The first-order valence-corrected chi connectivity index (χ1v) is 10.8. The number of nitrogens with zero attached hydrogens (tertiary/aromatic N) is 4. The minimum absolute atomic E-state index is 0.273. The summed E-state index contributed by atoms with van der Waals surface area (Å²) in [6, 6.07) is 13.9. The Morgan fingerprint density at radius 1 is 1.12 bits per heavy atom. The minimum atomic E-state index is -0.335. The van der Waals surface area contributed by atoms with Gasteiger partial charge in [-0.2, -0.15) is 10.4 Å². The maximum Gasteiger partial charge on any atom is 0.256 e. The molecule has 10 heteroatoms. The zero-order chi connectivity index (χ0) is 23.3. The van der Waals surface area contributed by atoms with Crippen LogP contribution in [0.15, 0.2) is 54.9 Å². The van der Waals surface area contributed by atoms with Crippen molar-refractivity contribution in [2.75, 3.05) is 23.8 Å². The maximum atomic E-state index is 12.5. The summed E-state index contributed by atoms with van der Waals surface area (Å²) in [5.74, 6) is 1.83. The molecule has 0 aliphatic carbocycles. The number of H-pyrrole nitrogens is 1. The number of amides is 1. The number of nitrogens with one attached hydrogen (secondary N) is 3. The van der Waals surface area contributed by atoms with Gasteiger partial charge in [-0.15, -0.1) is 0 Å². The standard InChI is InChI=1S/C24H21N7O3/c25-14-15-5-9-26-20(13-15)29-24(32)16-1-3-18(4-2-16)34-19-6-10-27-22-21(19)23(31-30-22)28-17-7-11-33-12-8-17/h1-6,9-10,13,17H,7-8,11-12H2,(H,26,29,32)(H2,27,28,30,31). The summed E-state index contributed by atoms with van der Waals surface area (Å²) in [5.41, 5.74) is 1.47. The molecule has 0 radical (unpaired) electrons. The van der Waals surface area contributed by atoms with Crippen molar-refractivity contribution in [3.05, 3.63) is 66.0 Å². The molecule has 1 amide bonds. The molecule has 1 saturated heterocycles. The SMILES string of the molecule is N#Cc1ccnc(NC(=O)c2ccc(Oc3ccnc4[nH]nc(NC5CCOCC5)c34)cc2)c1. The third kappa shape index (κ3) is 4.65. The lowest BCUT2D eigenvalue weighted by atomic mass is 10.1. The normalized spacial score (nSPS) is 13.9.